The van der Waals surface area contributed by atoms with Crippen LogP contribution in [0.5, 0.6) is 11.5 Å². The lowest BCUT2D eigenvalue weighted by atomic mass is 9.99. The second-order valence-electron chi connectivity index (χ2n) is 4.14. The number of nitrogens with two attached hydrogens (primary N) is 1. The highest BCUT2D eigenvalue weighted by atomic mass is 79.9. The number of benzene rings is 2. The summed E-state index contributed by atoms with van der Waals surface area (Å²) >= 11 is 3.41. The van der Waals surface area contributed by atoms with Gasteiger partial charge in [0.05, 0.1) is 6.04 Å². The van der Waals surface area contributed by atoms with Crippen molar-refractivity contribution in [2.24, 2.45) is 5.73 Å². The number of hydrogen-bond acceptors (Lipinski definition) is 3. The minimum absolute atomic E-state index is 0.160. The SMILES string of the molecule is NC(c1ccc(Br)cc1)c1ccc2c(c1)OCO2. The van der Waals surface area contributed by atoms with Crippen LogP contribution >= 0.6 is 15.9 Å². The average molecular weight is 306 g/mol. The molecule has 0 radical (unpaired) electrons. The third-order valence-electron chi connectivity index (χ3n) is 2.98. The second kappa shape index (κ2) is 4.63. The minimum atomic E-state index is -0.160. The summed E-state index contributed by atoms with van der Waals surface area (Å²) in [5.41, 5.74) is 8.33. The van der Waals surface area contributed by atoms with Crippen molar-refractivity contribution in [3.05, 3.63) is 58.1 Å². The zero-order valence-corrected chi connectivity index (χ0v) is 11.2. The van der Waals surface area contributed by atoms with E-state index in [0.29, 0.717) is 0 Å². The molecule has 0 aromatic heterocycles. The van der Waals surface area contributed by atoms with E-state index in [1.54, 1.807) is 0 Å². The molecule has 1 atom stereocenters. The lowest BCUT2D eigenvalue weighted by molar-refractivity contribution is 0.174. The van der Waals surface area contributed by atoms with E-state index in [2.05, 4.69) is 15.9 Å². The van der Waals surface area contributed by atoms with Crippen LogP contribution in [0.3, 0.4) is 0 Å². The molecule has 0 fully saturated rings. The molecule has 1 aliphatic heterocycles. The highest BCUT2D eigenvalue weighted by molar-refractivity contribution is 9.10. The average Bonchev–Trinajstić information content (AvgIpc) is 2.86. The molecule has 2 aromatic carbocycles. The molecule has 4 heteroatoms. The van der Waals surface area contributed by atoms with Crippen LogP contribution in [-0.4, -0.2) is 6.79 Å². The molecule has 1 aliphatic rings. The molecule has 0 saturated heterocycles. The van der Waals surface area contributed by atoms with Gasteiger partial charge in [0.25, 0.3) is 0 Å². The number of hydrogen-bond donors (Lipinski definition) is 1. The van der Waals surface area contributed by atoms with Gasteiger partial charge in [0.2, 0.25) is 6.79 Å². The maximum atomic E-state index is 6.25. The molecule has 2 aromatic rings. The maximum Gasteiger partial charge on any atom is 0.231 e. The van der Waals surface area contributed by atoms with Crippen LogP contribution in [-0.2, 0) is 0 Å². The van der Waals surface area contributed by atoms with E-state index >= 15 is 0 Å². The third-order valence-corrected chi connectivity index (χ3v) is 3.51. The Morgan fingerprint density at radius 2 is 1.61 bits per heavy atom. The van der Waals surface area contributed by atoms with Crippen LogP contribution in [0.2, 0.25) is 0 Å². The first-order valence-corrected chi connectivity index (χ1v) is 6.44. The van der Waals surface area contributed by atoms with E-state index in [9.17, 15) is 0 Å². The van der Waals surface area contributed by atoms with E-state index < -0.39 is 0 Å². The Kier molecular flexibility index (Phi) is 2.97. The molecule has 2 N–H and O–H groups in total. The Bertz CT molecular complexity index is 569. The summed E-state index contributed by atoms with van der Waals surface area (Å²) in [6.45, 7) is 0.284. The highest BCUT2D eigenvalue weighted by Crippen LogP contribution is 2.35. The summed E-state index contributed by atoms with van der Waals surface area (Å²) in [4.78, 5) is 0. The zero-order chi connectivity index (χ0) is 12.5. The fraction of sp³-hybridized carbons (Fsp3) is 0.143. The van der Waals surface area contributed by atoms with Crippen molar-refractivity contribution < 1.29 is 9.47 Å². The van der Waals surface area contributed by atoms with Gasteiger partial charge in [-0.2, -0.15) is 0 Å². The molecule has 1 heterocycles. The lowest BCUT2D eigenvalue weighted by Crippen LogP contribution is -2.11. The van der Waals surface area contributed by atoms with E-state index in [1.807, 2.05) is 42.5 Å². The predicted octanol–water partition coefficient (Wildman–Crippen LogP) is 3.23. The number of halogens is 1. The van der Waals surface area contributed by atoms with Crippen LogP contribution in [0.1, 0.15) is 17.2 Å². The van der Waals surface area contributed by atoms with Gasteiger partial charge in [0, 0.05) is 4.47 Å². The Labute approximate surface area is 114 Å². The summed E-state index contributed by atoms with van der Waals surface area (Å²) in [6, 6.07) is 13.7. The Morgan fingerprint density at radius 3 is 2.39 bits per heavy atom. The molecule has 0 bridgehead atoms. The summed E-state index contributed by atoms with van der Waals surface area (Å²) in [7, 11) is 0. The van der Waals surface area contributed by atoms with Crippen LogP contribution in [0.15, 0.2) is 46.9 Å². The molecular weight excluding hydrogens is 294 g/mol. The molecule has 18 heavy (non-hydrogen) atoms. The van der Waals surface area contributed by atoms with Gasteiger partial charge in [-0.3, -0.25) is 0 Å². The molecule has 3 rings (SSSR count). The van der Waals surface area contributed by atoms with Crippen LogP contribution in [0, 0.1) is 0 Å². The van der Waals surface area contributed by atoms with E-state index in [4.69, 9.17) is 15.2 Å². The molecular formula is C14H12BrNO2. The standard InChI is InChI=1S/C14H12BrNO2/c15-11-4-1-9(2-5-11)14(16)10-3-6-12-13(7-10)18-8-17-12/h1-7,14H,8,16H2. The topological polar surface area (TPSA) is 44.5 Å². The van der Waals surface area contributed by atoms with Crippen molar-refractivity contribution in [2.45, 2.75) is 6.04 Å². The summed E-state index contributed by atoms with van der Waals surface area (Å²) in [5, 5.41) is 0. The van der Waals surface area contributed by atoms with Gasteiger partial charge >= 0.3 is 0 Å². The lowest BCUT2D eigenvalue weighted by Gasteiger charge is -2.13. The number of fused-ring (bicyclic) bond motifs is 1. The van der Waals surface area contributed by atoms with Crippen molar-refractivity contribution in [3.63, 3.8) is 0 Å². The van der Waals surface area contributed by atoms with Crippen LogP contribution in [0.25, 0.3) is 0 Å². The van der Waals surface area contributed by atoms with E-state index in [0.717, 1.165) is 27.1 Å². The van der Waals surface area contributed by atoms with Crippen LogP contribution < -0.4 is 15.2 Å². The van der Waals surface area contributed by atoms with Gasteiger partial charge < -0.3 is 15.2 Å². The summed E-state index contributed by atoms with van der Waals surface area (Å²) in [5.74, 6) is 1.54. The van der Waals surface area contributed by atoms with Gasteiger partial charge in [-0.15, -0.1) is 0 Å². The molecule has 0 amide bonds. The first kappa shape index (κ1) is 11.6. The Balaban J connectivity index is 1.92. The summed E-state index contributed by atoms with van der Waals surface area (Å²) in [6.07, 6.45) is 0. The Morgan fingerprint density at radius 1 is 0.944 bits per heavy atom. The molecule has 1 unspecified atom stereocenters. The van der Waals surface area contributed by atoms with Crippen LogP contribution in [0.4, 0.5) is 0 Å². The van der Waals surface area contributed by atoms with E-state index in [-0.39, 0.29) is 12.8 Å². The Hall–Kier alpha value is -1.52. The quantitative estimate of drug-likeness (QED) is 0.926. The third kappa shape index (κ3) is 2.09. The fourth-order valence-electron chi connectivity index (χ4n) is 1.97. The number of ether oxygens (including phenoxy) is 2. The smallest absolute Gasteiger partial charge is 0.231 e. The van der Waals surface area contributed by atoms with Gasteiger partial charge in [-0.1, -0.05) is 34.1 Å². The zero-order valence-electron chi connectivity index (χ0n) is 9.60. The molecule has 0 spiro atoms. The van der Waals surface area contributed by atoms with Crippen molar-refractivity contribution in [1.82, 2.24) is 0 Å². The molecule has 0 saturated carbocycles. The summed E-state index contributed by atoms with van der Waals surface area (Å²) < 4.78 is 11.7. The number of rotatable bonds is 2. The largest absolute Gasteiger partial charge is 0.454 e. The fourth-order valence-corrected chi connectivity index (χ4v) is 2.23. The van der Waals surface area contributed by atoms with Gasteiger partial charge in [-0.25, -0.2) is 0 Å². The predicted molar refractivity (Wildman–Crippen MR) is 72.7 cm³/mol. The first-order chi connectivity index (χ1) is 8.74. The maximum absolute atomic E-state index is 6.25. The molecule has 3 nitrogen and oxygen atoms in total. The van der Waals surface area contributed by atoms with E-state index in [1.165, 1.54) is 0 Å². The monoisotopic (exact) mass is 305 g/mol. The normalized spacial score (nSPS) is 14.6. The van der Waals surface area contributed by atoms with Crippen molar-refractivity contribution >= 4 is 15.9 Å². The first-order valence-electron chi connectivity index (χ1n) is 5.64. The minimum Gasteiger partial charge on any atom is -0.454 e. The van der Waals surface area contributed by atoms with Gasteiger partial charge in [-0.05, 0) is 35.4 Å². The van der Waals surface area contributed by atoms with Crippen molar-refractivity contribution in [3.8, 4) is 11.5 Å². The molecule has 0 aliphatic carbocycles. The van der Waals surface area contributed by atoms with Crippen molar-refractivity contribution in [2.75, 3.05) is 6.79 Å². The van der Waals surface area contributed by atoms with Gasteiger partial charge in [0.1, 0.15) is 0 Å². The van der Waals surface area contributed by atoms with Gasteiger partial charge in [0.15, 0.2) is 11.5 Å². The highest BCUT2D eigenvalue weighted by Gasteiger charge is 2.16. The molecule has 92 valence electrons. The van der Waals surface area contributed by atoms with Crippen molar-refractivity contribution in [1.29, 1.82) is 0 Å². The second-order valence-corrected chi connectivity index (χ2v) is 5.06.